The Morgan fingerprint density at radius 3 is 2.43 bits per heavy atom. The van der Waals surface area contributed by atoms with Gasteiger partial charge in [-0.1, -0.05) is 34.1 Å². The van der Waals surface area contributed by atoms with Crippen LogP contribution in [0.5, 0.6) is 5.75 Å². The van der Waals surface area contributed by atoms with Crippen molar-refractivity contribution in [3.63, 3.8) is 0 Å². The number of carbonyl (C=O) groups is 2. The van der Waals surface area contributed by atoms with Crippen LogP contribution in [-0.4, -0.2) is 18.4 Å². The zero-order chi connectivity index (χ0) is 20.9. The number of hydrogen-bond acceptors (Lipinski definition) is 4. The number of ether oxygens (including phenoxy) is 1. The molecule has 150 valence electrons. The molecule has 1 aromatic heterocycles. The number of carbonyl (C=O) groups excluding carboxylic acids is 2. The number of nitrogens with one attached hydrogen (secondary N) is 2. The van der Waals surface area contributed by atoms with E-state index in [-0.39, 0.29) is 24.2 Å². The normalized spacial score (nSPS) is 10.6. The molecule has 2 amide bonds. The summed E-state index contributed by atoms with van der Waals surface area (Å²) in [6.45, 7) is -0.134. The zero-order valence-electron chi connectivity index (χ0n) is 15.7. The first-order chi connectivity index (χ1) is 14.6. The number of anilines is 2. The number of hydrogen-bond donors (Lipinski definition) is 2. The summed E-state index contributed by atoms with van der Waals surface area (Å²) < 4.78 is 11.7. The quantitative estimate of drug-likeness (QED) is 0.396. The minimum absolute atomic E-state index is 0.134. The molecule has 2 N–H and O–H groups in total. The van der Waals surface area contributed by atoms with Gasteiger partial charge in [0.1, 0.15) is 5.75 Å². The first kappa shape index (κ1) is 19.7. The summed E-state index contributed by atoms with van der Waals surface area (Å²) in [5, 5.41) is 7.58. The number of furan rings is 1. The van der Waals surface area contributed by atoms with E-state index >= 15 is 0 Å². The second kappa shape index (κ2) is 8.84. The summed E-state index contributed by atoms with van der Waals surface area (Å²) in [6.07, 6.45) is 1.43. The van der Waals surface area contributed by atoms with Gasteiger partial charge in [-0.15, -0.1) is 0 Å². The molecule has 0 aliphatic heterocycles. The molecule has 0 saturated heterocycles. The van der Waals surface area contributed by atoms with Crippen LogP contribution in [0, 0.1) is 0 Å². The first-order valence-electron chi connectivity index (χ1n) is 9.14. The van der Waals surface area contributed by atoms with Crippen molar-refractivity contribution in [2.75, 3.05) is 17.2 Å². The Balaban J connectivity index is 1.35. The van der Waals surface area contributed by atoms with Crippen molar-refractivity contribution in [2.24, 2.45) is 0 Å². The molecule has 0 bridgehead atoms. The van der Waals surface area contributed by atoms with Crippen molar-refractivity contribution in [3.8, 4) is 5.75 Å². The van der Waals surface area contributed by atoms with Crippen LogP contribution in [0.15, 0.2) is 87.9 Å². The van der Waals surface area contributed by atoms with Gasteiger partial charge in [0.05, 0.1) is 6.26 Å². The number of benzene rings is 3. The van der Waals surface area contributed by atoms with Gasteiger partial charge in [-0.25, -0.2) is 0 Å². The van der Waals surface area contributed by atoms with Crippen molar-refractivity contribution in [1.29, 1.82) is 0 Å². The van der Waals surface area contributed by atoms with Gasteiger partial charge in [0.25, 0.3) is 11.8 Å². The molecule has 0 aliphatic carbocycles. The Morgan fingerprint density at radius 1 is 0.867 bits per heavy atom. The van der Waals surface area contributed by atoms with E-state index in [9.17, 15) is 9.59 Å². The number of amides is 2. The minimum atomic E-state index is -0.366. The molecule has 0 radical (unpaired) electrons. The van der Waals surface area contributed by atoms with E-state index in [1.54, 1.807) is 36.4 Å². The molecule has 0 spiro atoms. The zero-order valence-corrected chi connectivity index (χ0v) is 17.3. The van der Waals surface area contributed by atoms with Crippen LogP contribution in [0.1, 0.15) is 10.6 Å². The van der Waals surface area contributed by atoms with Gasteiger partial charge in [-0.2, -0.15) is 0 Å². The van der Waals surface area contributed by atoms with Gasteiger partial charge in [0.15, 0.2) is 12.4 Å². The van der Waals surface area contributed by atoms with Crippen molar-refractivity contribution in [3.05, 3.63) is 89.3 Å². The van der Waals surface area contributed by atoms with Crippen LogP contribution < -0.4 is 15.4 Å². The van der Waals surface area contributed by atoms with E-state index in [2.05, 4.69) is 26.6 Å². The van der Waals surface area contributed by atoms with Gasteiger partial charge in [0, 0.05) is 15.8 Å². The Labute approximate surface area is 181 Å². The molecule has 0 unspecified atom stereocenters. The van der Waals surface area contributed by atoms with Gasteiger partial charge < -0.3 is 19.8 Å². The maximum absolute atomic E-state index is 12.3. The van der Waals surface area contributed by atoms with Crippen molar-refractivity contribution < 1.29 is 18.7 Å². The third kappa shape index (κ3) is 4.87. The first-order valence-corrected chi connectivity index (χ1v) is 9.93. The van der Waals surface area contributed by atoms with Gasteiger partial charge in [0.2, 0.25) is 0 Å². The predicted octanol–water partition coefficient (Wildman–Crippen LogP) is 5.47. The molecule has 4 rings (SSSR count). The standard InChI is InChI=1S/C23H17BrN2O4/c24-17-8-6-16-12-20(9-7-15(16)11-17)30-14-22(27)25-18-3-1-4-19(13-18)26-23(28)21-5-2-10-29-21/h1-13H,14H2,(H,25,27)(H,26,28). The number of halogens is 1. The van der Waals surface area contributed by atoms with Crippen LogP contribution >= 0.6 is 15.9 Å². The molecule has 7 heteroatoms. The Kier molecular flexibility index (Phi) is 5.81. The van der Waals surface area contributed by atoms with Crippen molar-refractivity contribution >= 4 is 49.9 Å². The van der Waals surface area contributed by atoms with Crippen LogP contribution in [0.2, 0.25) is 0 Å². The van der Waals surface area contributed by atoms with Crippen molar-refractivity contribution in [2.45, 2.75) is 0 Å². The predicted molar refractivity (Wildman–Crippen MR) is 119 cm³/mol. The summed E-state index contributed by atoms with van der Waals surface area (Å²) in [4.78, 5) is 24.3. The lowest BCUT2D eigenvalue weighted by Gasteiger charge is -2.10. The summed E-state index contributed by atoms with van der Waals surface area (Å²) in [5.41, 5.74) is 1.08. The second-order valence-electron chi connectivity index (χ2n) is 6.50. The third-order valence-electron chi connectivity index (χ3n) is 4.29. The van der Waals surface area contributed by atoms with E-state index in [1.165, 1.54) is 6.26 Å². The Morgan fingerprint density at radius 2 is 1.63 bits per heavy atom. The summed E-state index contributed by atoms with van der Waals surface area (Å²) >= 11 is 3.45. The molecular formula is C23H17BrN2O4. The highest BCUT2D eigenvalue weighted by Crippen LogP contribution is 2.24. The Bertz CT molecular complexity index is 1210. The van der Waals surface area contributed by atoms with E-state index in [0.717, 1.165) is 15.2 Å². The monoisotopic (exact) mass is 464 g/mol. The topological polar surface area (TPSA) is 80.6 Å². The van der Waals surface area contributed by atoms with E-state index in [0.29, 0.717) is 17.1 Å². The molecule has 0 atom stereocenters. The largest absolute Gasteiger partial charge is 0.484 e. The van der Waals surface area contributed by atoms with Crippen LogP contribution in [0.4, 0.5) is 11.4 Å². The highest BCUT2D eigenvalue weighted by atomic mass is 79.9. The second-order valence-corrected chi connectivity index (χ2v) is 7.42. The summed E-state index contributed by atoms with van der Waals surface area (Å²) in [6, 6.07) is 21.7. The van der Waals surface area contributed by atoms with Crippen LogP contribution in [-0.2, 0) is 4.79 Å². The molecule has 1 heterocycles. The summed E-state index contributed by atoms with van der Waals surface area (Å²) in [7, 11) is 0. The smallest absolute Gasteiger partial charge is 0.291 e. The molecule has 30 heavy (non-hydrogen) atoms. The van der Waals surface area contributed by atoms with E-state index < -0.39 is 0 Å². The maximum Gasteiger partial charge on any atom is 0.291 e. The lowest BCUT2D eigenvalue weighted by atomic mass is 10.1. The van der Waals surface area contributed by atoms with E-state index in [4.69, 9.17) is 9.15 Å². The maximum atomic E-state index is 12.3. The number of rotatable bonds is 6. The highest BCUT2D eigenvalue weighted by Gasteiger charge is 2.10. The highest BCUT2D eigenvalue weighted by molar-refractivity contribution is 9.10. The lowest BCUT2D eigenvalue weighted by Crippen LogP contribution is -2.20. The van der Waals surface area contributed by atoms with Gasteiger partial charge in [-0.05, 0) is 65.4 Å². The molecule has 0 fully saturated rings. The molecule has 3 aromatic carbocycles. The van der Waals surface area contributed by atoms with Crippen molar-refractivity contribution in [1.82, 2.24) is 0 Å². The van der Waals surface area contributed by atoms with Gasteiger partial charge >= 0.3 is 0 Å². The van der Waals surface area contributed by atoms with E-state index in [1.807, 2.05) is 36.4 Å². The number of fused-ring (bicyclic) bond motifs is 1. The fraction of sp³-hybridized carbons (Fsp3) is 0.0435. The molecule has 4 aromatic rings. The third-order valence-corrected chi connectivity index (χ3v) is 4.79. The average molecular weight is 465 g/mol. The Hall–Kier alpha value is -3.58. The fourth-order valence-corrected chi connectivity index (χ4v) is 3.28. The molecular weight excluding hydrogens is 448 g/mol. The molecule has 0 saturated carbocycles. The summed E-state index contributed by atoms with van der Waals surface area (Å²) in [5.74, 6) is 0.149. The SMILES string of the molecule is O=C(COc1ccc2cc(Br)ccc2c1)Nc1cccc(NC(=O)c2ccco2)c1. The fourth-order valence-electron chi connectivity index (χ4n) is 2.91. The molecule has 6 nitrogen and oxygen atoms in total. The van der Waals surface area contributed by atoms with Gasteiger partial charge in [-0.3, -0.25) is 9.59 Å². The van der Waals surface area contributed by atoms with Crippen LogP contribution in [0.3, 0.4) is 0 Å². The van der Waals surface area contributed by atoms with Crippen LogP contribution in [0.25, 0.3) is 10.8 Å². The minimum Gasteiger partial charge on any atom is -0.484 e. The average Bonchev–Trinajstić information content (AvgIpc) is 3.27. The molecule has 0 aliphatic rings. The lowest BCUT2D eigenvalue weighted by molar-refractivity contribution is -0.118.